The number of hydrogen-bond donors (Lipinski definition) is 2. The molecule has 0 radical (unpaired) electrons. The second-order valence-corrected chi connectivity index (χ2v) is 6.75. The minimum Gasteiger partial charge on any atom is -0.469 e. The molecule has 3 rings (SSSR count). The van der Waals surface area contributed by atoms with Gasteiger partial charge in [0.15, 0.2) is 5.96 Å². The van der Waals surface area contributed by atoms with Crippen molar-refractivity contribution in [2.75, 3.05) is 31.1 Å². The van der Waals surface area contributed by atoms with E-state index >= 15 is 0 Å². The molecule has 1 atom stereocenters. The second kappa shape index (κ2) is 11.2. The van der Waals surface area contributed by atoms with E-state index in [0.717, 1.165) is 24.7 Å². The molecule has 1 aliphatic rings. The van der Waals surface area contributed by atoms with Crippen LogP contribution in [0.4, 0.5) is 5.69 Å². The number of hydrogen-bond acceptors (Lipinski definition) is 3. The number of anilines is 1. The third-order valence-corrected chi connectivity index (χ3v) is 4.75. The summed E-state index contributed by atoms with van der Waals surface area (Å²) in [6.07, 6.45) is 5.11. The number of rotatable bonds is 7. The van der Waals surface area contributed by atoms with E-state index < -0.39 is 0 Å². The lowest BCUT2D eigenvalue weighted by Gasteiger charge is -2.22. The zero-order chi connectivity index (χ0) is 18.2. The molecule has 0 amide bonds. The van der Waals surface area contributed by atoms with Gasteiger partial charge in [0, 0.05) is 38.3 Å². The van der Waals surface area contributed by atoms with Crippen molar-refractivity contribution in [3.8, 4) is 0 Å². The van der Waals surface area contributed by atoms with E-state index in [1.54, 1.807) is 6.26 Å². The monoisotopic (exact) mass is 482 g/mol. The van der Waals surface area contributed by atoms with Crippen LogP contribution >= 0.6 is 24.0 Å². The normalized spacial score (nSPS) is 15.3. The predicted molar refractivity (Wildman–Crippen MR) is 123 cm³/mol. The molecule has 0 spiro atoms. The number of nitrogens with one attached hydrogen (secondary N) is 2. The maximum absolute atomic E-state index is 5.37. The van der Waals surface area contributed by atoms with Crippen molar-refractivity contribution < 1.29 is 4.42 Å². The molecule has 1 fully saturated rings. The highest BCUT2D eigenvalue weighted by atomic mass is 127. The molecular weight excluding hydrogens is 451 g/mol. The smallest absolute Gasteiger partial charge is 0.191 e. The van der Waals surface area contributed by atoms with E-state index in [4.69, 9.17) is 4.42 Å². The average Bonchev–Trinajstić information content (AvgIpc) is 3.36. The number of guanidine groups is 1. The van der Waals surface area contributed by atoms with Gasteiger partial charge in [-0.1, -0.05) is 12.1 Å². The molecule has 0 saturated carbocycles. The minimum atomic E-state index is 0. The average molecular weight is 482 g/mol. The molecule has 148 valence electrons. The fraction of sp³-hybridized carbons (Fsp3) is 0.476. The van der Waals surface area contributed by atoms with Crippen LogP contribution in [0.3, 0.4) is 0 Å². The molecule has 5 nitrogen and oxygen atoms in total. The number of nitrogens with zero attached hydrogens (tertiary/aromatic N) is 2. The molecule has 1 unspecified atom stereocenters. The third kappa shape index (κ3) is 6.45. The summed E-state index contributed by atoms with van der Waals surface area (Å²) in [4.78, 5) is 7.15. The Kier molecular flexibility index (Phi) is 8.97. The van der Waals surface area contributed by atoms with Gasteiger partial charge in [-0.25, -0.2) is 0 Å². The van der Waals surface area contributed by atoms with Gasteiger partial charge < -0.3 is 20.0 Å². The van der Waals surface area contributed by atoms with Crippen LogP contribution in [-0.4, -0.2) is 32.1 Å². The van der Waals surface area contributed by atoms with E-state index in [1.807, 2.05) is 12.1 Å². The molecule has 6 heteroatoms. The number of benzene rings is 1. The van der Waals surface area contributed by atoms with Crippen LogP contribution in [0.25, 0.3) is 0 Å². The lowest BCUT2D eigenvalue weighted by molar-refractivity contribution is 0.510. The minimum absolute atomic E-state index is 0. The quantitative estimate of drug-likeness (QED) is 0.350. The first-order chi connectivity index (χ1) is 12.8. The van der Waals surface area contributed by atoms with Gasteiger partial charge in [0.25, 0.3) is 0 Å². The molecule has 27 heavy (non-hydrogen) atoms. The van der Waals surface area contributed by atoms with E-state index in [9.17, 15) is 0 Å². The van der Waals surface area contributed by atoms with Gasteiger partial charge in [0.1, 0.15) is 5.76 Å². The van der Waals surface area contributed by atoms with Crippen molar-refractivity contribution in [1.29, 1.82) is 0 Å². The van der Waals surface area contributed by atoms with Crippen LogP contribution in [0, 0.1) is 0 Å². The van der Waals surface area contributed by atoms with Gasteiger partial charge in [0.2, 0.25) is 0 Å². The van der Waals surface area contributed by atoms with E-state index in [0.29, 0.717) is 6.54 Å². The second-order valence-electron chi connectivity index (χ2n) is 6.75. The fourth-order valence-electron chi connectivity index (χ4n) is 3.31. The summed E-state index contributed by atoms with van der Waals surface area (Å²) in [5.41, 5.74) is 2.61. The maximum Gasteiger partial charge on any atom is 0.191 e. The Bertz CT molecular complexity index is 696. The van der Waals surface area contributed by atoms with Crippen LogP contribution < -0.4 is 15.5 Å². The van der Waals surface area contributed by atoms with Crippen molar-refractivity contribution in [1.82, 2.24) is 10.6 Å². The summed E-state index contributed by atoms with van der Waals surface area (Å²) in [7, 11) is 0. The molecule has 1 aromatic heterocycles. The highest BCUT2D eigenvalue weighted by molar-refractivity contribution is 14.0. The Balaban J connectivity index is 0.00000261. The van der Waals surface area contributed by atoms with Gasteiger partial charge in [0.05, 0.1) is 12.3 Å². The van der Waals surface area contributed by atoms with Crippen LogP contribution in [0.5, 0.6) is 0 Å². The van der Waals surface area contributed by atoms with Gasteiger partial charge in [-0.2, -0.15) is 0 Å². The lowest BCUT2D eigenvalue weighted by atomic mass is 10.1. The van der Waals surface area contributed by atoms with Crippen molar-refractivity contribution in [2.24, 2.45) is 4.99 Å². The summed E-state index contributed by atoms with van der Waals surface area (Å²) < 4.78 is 5.37. The topological polar surface area (TPSA) is 52.8 Å². The van der Waals surface area contributed by atoms with Gasteiger partial charge in [-0.15, -0.1) is 24.0 Å². The summed E-state index contributed by atoms with van der Waals surface area (Å²) in [5, 5.41) is 6.85. The Labute approximate surface area is 179 Å². The van der Waals surface area contributed by atoms with Gasteiger partial charge >= 0.3 is 0 Å². The largest absolute Gasteiger partial charge is 0.469 e. The summed E-state index contributed by atoms with van der Waals surface area (Å²) in [6, 6.07) is 12.9. The molecular formula is C21H31IN4O. The standard InChI is InChI=1S/C21H30N4O.HI/c1-3-22-21(23-12-11-20-10-7-15-26-20)24-17(2)18-8-6-9-19(16-18)25-13-4-5-14-25;/h6-10,15-17H,3-5,11-14H2,1-2H3,(H2,22,23,24);1H. The number of aliphatic imine (C=N–C) groups is 1. The lowest BCUT2D eigenvalue weighted by Crippen LogP contribution is -2.39. The molecule has 0 aliphatic carbocycles. The molecule has 1 aromatic carbocycles. The van der Waals surface area contributed by atoms with Crippen molar-refractivity contribution >= 4 is 35.6 Å². The van der Waals surface area contributed by atoms with E-state index in [1.165, 1.54) is 37.2 Å². The maximum atomic E-state index is 5.37. The summed E-state index contributed by atoms with van der Waals surface area (Å²) in [5.74, 6) is 1.81. The molecule has 0 bridgehead atoms. The summed E-state index contributed by atoms with van der Waals surface area (Å²) >= 11 is 0. The first-order valence-electron chi connectivity index (χ1n) is 9.68. The molecule has 2 heterocycles. The third-order valence-electron chi connectivity index (χ3n) is 4.75. The Morgan fingerprint density at radius 1 is 1.22 bits per heavy atom. The highest BCUT2D eigenvalue weighted by Gasteiger charge is 2.14. The first kappa shape index (κ1) is 21.6. The SMILES string of the molecule is CCNC(=NCCc1ccco1)NC(C)c1cccc(N2CCCC2)c1.I. The fourth-order valence-corrected chi connectivity index (χ4v) is 3.31. The Hall–Kier alpha value is -1.70. The molecule has 2 aromatic rings. The number of furan rings is 1. The molecule has 2 N–H and O–H groups in total. The zero-order valence-corrected chi connectivity index (χ0v) is 18.6. The van der Waals surface area contributed by atoms with Gasteiger partial charge in [-0.05, 0) is 56.5 Å². The molecule has 1 saturated heterocycles. The highest BCUT2D eigenvalue weighted by Crippen LogP contribution is 2.23. The first-order valence-corrected chi connectivity index (χ1v) is 9.68. The predicted octanol–water partition coefficient (Wildman–Crippen LogP) is 4.36. The zero-order valence-electron chi connectivity index (χ0n) is 16.3. The Morgan fingerprint density at radius 3 is 2.74 bits per heavy atom. The summed E-state index contributed by atoms with van der Waals surface area (Å²) in [6.45, 7) is 8.14. The van der Waals surface area contributed by atoms with E-state index in [-0.39, 0.29) is 30.0 Å². The van der Waals surface area contributed by atoms with Crippen LogP contribution in [0.15, 0.2) is 52.1 Å². The molecule has 1 aliphatic heterocycles. The van der Waals surface area contributed by atoms with Crippen molar-refractivity contribution in [2.45, 2.75) is 39.2 Å². The van der Waals surface area contributed by atoms with Gasteiger partial charge in [-0.3, -0.25) is 4.99 Å². The Morgan fingerprint density at radius 2 is 2.04 bits per heavy atom. The van der Waals surface area contributed by atoms with E-state index in [2.05, 4.69) is 58.6 Å². The van der Waals surface area contributed by atoms with Crippen LogP contribution in [0.1, 0.15) is 44.1 Å². The number of halogens is 1. The van der Waals surface area contributed by atoms with Crippen molar-refractivity contribution in [3.63, 3.8) is 0 Å². The van der Waals surface area contributed by atoms with Crippen LogP contribution in [-0.2, 0) is 6.42 Å². The van der Waals surface area contributed by atoms with Crippen LogP contribution in [0.2, 0.25) is 0 Å². The van der Waals surface area contributed by atoms with Crippen molar-refractivity contribution in [3.05, 3.63) is 54.0 Å².